The molecule has 15 heavy (non-hydrogen) atoms. The first-order chi connectivity index (χ1) is 7.02. The summed E-state index contributed by atoms with van der Waals surface area (Å²) in [5, 5.41) is 0. The third-order valence-electron chi connectivity index (χ3n) is 2.31. The molecule has 0 aliphatic heterocycles. The summed E-state index contributed by atoms with van der Waals surface area (Å²) in [6.07, 6.45) is 0.0862. The van der Waals surface area contributed by atoms with Gasteiger partial charge in [-0.15, -0.1) is 0 Å². The van der Waals surface area contributed by atoms with Gasteiger partial charge in [-0.25, -0.2) is 0 Å². The fourth-order valence-electron chi connectivity index (χ4n) is 1.20. The van der Waals surface area contributed by atoms with Gasteiger partial charge in [-0.3, -0.25) is 4.79 Å². The van der Waals surface area contributed by atoms with Gasteiger partial charge in [0.25, 0.3) is 0 Å². The van der Waals surface area contributed by atoms with Gasteiger partial charge >= 0.3 is 0 Å². The number of primary amides is 1. The number of carbonyl (C=O) groups excluding carboxylic acids is 1. The molecule has 0 aliphatic rings. The number of anilines is 1. The highest BCUT2D eigenvalue weighted by Gasteiger charge is 2.01. The molecule has 78 valence electrons. The Morgan fingerprint density at radius 2 is 2.00 bits per heavy atom. The monoisotopic (exact) mass is 202 g/mol. The van der Waals surface area contributed by atoms with Crippen LogP contribution in [0, 0.1) is 25.7 Å². The minimum Gasteiger partial charge on any atom is -0.399 e. The van der Waals surface area contributed by atoms with Crippen LogP contribution in [0.15, 0.2) is 12.1 Å². The van der Waals surface area contributed by atoms with Crippen molar-refractivity contribution in [3.63, 3.8) is 0 Å². The number of rotatable bonds is 1. The molecule has 0 radical (unpaired) electrons. The predicted octanol–water partition coefficient (Wildman–Crippen LogP) is 1.11. The van der Waals surface area contributed by atoms with Crippen LogP contribution >= 0.6 is 0 Å². The molecule has 0 saturated carbocycles. The van der Waals surface area contributed by atoms with Gasteiger partial charge < -0.3 is 11.5 Å². The molecular weight excluding hydrogens is 188 g/mol. The number of nitrogen functional groups attached to an aromatic ring is 1. The predicted molar refractivity (Wildman–Crippen MR) is 61.0 cm³/mol. The van der Waals surface area contributed by atoms with Gasteiger partial charge in [-0.2, -0.15) is 0 Å². The van der Waals surface area contributed by atoms with Crippen molar-refractivity contribution in [2.75, 3.05) is 5.73 Å². The average molecular weight is 202 g/mol. The number of nitrogens with two attached hydrogens (primary N) is 2. The fourth-order valence-corrected chi connectivity index (χ4v) is 1.20. The first-order valence-electron chi connectivity index (χ1n) is 4.65. The molecule has 0 spiro atoms. The first kappa shape index (κ1) is 11.1. The van der Waals surface area contributed by atoms with Crippen molar-refractivity contribution < 1.29 is 4.79 Å². The summed E-state index contributed by atoms with van der Waals surface area (Å²) in [4.78, 5) is 10.5. The molecule has 0 fully saturated rings. The van der Waals surface area contributed by atoms with Crippen LogP contribution in [0.4, 0.5) is 5.69 Å². The zero-order chi connectivity index (χ0) is 11.4. The molecule has 0 unspecified atom stereocenters. The Balaban J connectivity index is 3.00. The van der Waals surface area contributed by atoms with E-state index in [2.05, 4.69) is 11.8 Å². The second kappa shape index (κ2) is 4.52. The van der Waals surface area contributed by atoms with Crippen molar-refractivity contribution >= 4 is 11.6 Å². The van der Waals surface area contributed by atoms with Gasteiger partial charge in [0, 0.05) is 11.3 Å². The van der Waals surface area contributed by atoms with Crippen molar-refractivity contribution in [3.05, 3.63) is 28.8 Å². The van der Waals surface area contributed by atoms with Gasteiger partial charge in [0.05, 0.1) is 6.42 Å². The highest BCUT2D eigenvalue weighted by Crippen LogP contribution is 2.18. The van der Waals surface area contributed by atoms with E-state index in [1.54, 1.807) is 0 Å². The molecule has 0 bridgehead atoms. The Morgan fingerprint density at radius 3 is 2.60 bits per heavy atom. The van der Waals surface area contributed by atoms with Crippen molar-refractivity contribution in [2.45, 2.75) is 20.3 Å². The summed E-state index contributed by atoms with van der Waals surface area (Å²) >= 11 is 0. The number of benzene rings is 1. The molecule has 0 aromatic heterocycles. The third kappa shape index (κ3) is 2.75. The fraction of sp³-hybridized carbons (Fsp3) is 0.250. The van der Waals surface area contributed by atoms with Crippen LogP contribution in [0.25, 0.3) is 0 Å². The van der Waals surface area contributed by atoms with Crippen LogP contribution in [0.1, 0.15) is 23.1 Å². The maximum atomic E-state index is 10.5. The summed E-state index contributed by atoms with van der Waals surface area (Å²) in [7, 11) is 0. The van der Waals surface area contributed by atoms with Crippen LogP contribution in [0.2, 0.25) is 0 Å². The van der Waals surface area contributed by atoms with E-state index in [1.807, 2.05) is 26.0 Å². The zero-order valence-electron chi connectivity index (χ0n) is 8.92. The molecule has 4 N–H and O–H groups in total. The molecule has 3 heteroatoms. The summed E-state index contributed by atoms with van der Waals surface area (Å²) in [6, 6.07) is 3.67. The maximum Gasteiger partial charge on any atom is 0.229 e. The summed E-state index contributed by atoms with van der Waals surface area (Å²) < 4.78 is 0. The highest BCUT2D eigenvalue weighted by molar-refractivity contribution is 5.76. The summed E-state index contributed by atoms with van der Waals surface area (Å²) in [6.45, 7) is 3.91. The van der Waals surface area contributed by atoms with Gasteiger partial charge in [-0.05, 0) is 37.1 Å². The van der Waals surface area contributed by atoms with Crippen LogP contribution in [-0.2, 0) is 4.79 Å². The highest BCUT2D eigenvalue weighted by atomic mass is 16.1. The van der Waals surface area contributed by atoms with E-state index in [9.17, 15) is 4.79 Å². The molecule has 0 saturated heterocycles. The molecule has 1 aromatic carbocycles. The Hall–Kier alpha value is -1.95. The molecule has 1 amide bonds. The minimum atomic E-state index is -0.410. The van der Waals surface area contributed by atoms with E-state index >= 15 is 0 Å². The standard InChI is InChI=1S/C12H14N2O/c1-8-9(2)11(13)7-6-10(8)4-3-5-12(14)15/h6-7H,5,13H2,1-2H3,(H2,14,15). The molecule has 0 aliphatic carbocycles. The number of hydrogen-bond acceptors (Lipinski definition) is 2. The van der Waals surface area contributed by atoms with Gasteiger partial charge in [-0.1, -0.05) is 11.8 Å². The molecule has 0 atom stereocenters. The van der Waals surface area contributed by atoms with Crippen molar-refractivity contribution in [1.29, 1.82) is 0 Å². The van der Waals surface area contributed by atoms with E-state index in [-0.39, 0.29) is 6.42 Å². The quantitative estimate of drug-likeness (QED) is 0.529. The Bertz CT molecular complexity index is 453. The lowest BCUT2D eigenvalue weighted by Gasteiger charge is -2.05. The van der Waals surface area contributed by atoms with Crippen molar-refractivity contribution in [1.82, 2.24) is 0 Å². The SMILES string of the molecule is Cc1c(N)ccc(C#CCC(N)=O)c1C. The normalized spacial score (nSPS) is 9.20. The minimum absolute atomic E-state index is 0.0862. The number of amides is 1. The largest absolute Gasteiger partial charge is 0.399 e. The van der Waals surface area contributed by atoms with Crippen LogP contribution in [-0.4, -0.2) is 5.91 Å². The maximum absolute atomic E-state index is 10.5. The number of carbonyl (C=O) groups is 1. The van der Waals surface area contributed by atoms with E-state index in [4.69, 9.17) is 11.5 Å². The summed E-state index contributed by atoms with van der Waals surface area (Å²) in [5.74, 6) is 5.22. The van der Waals surface area contributed by atoms with E-state index < -0.39 is 5.91 Å². The van der Waals surface area contributed by atoms with E-state index in [0.717, 1.165) is 22.4 Å². The van der Waals surface area contributed by atoms with Gasteiger partial charge in [0.15, 0.2) is 0 Å². The Morgan fingerprint density at radius 1 is 1.33 bits per heavy atom. The van der Waals surface area contributed by atoms with E-state index in [1.165, 1.54) is 0 Å². The van der Waals surface area contributed by atoms with Gasteiger partial charge in [0.1, 0.15) is 0 Å². The van der Waals surface area contributed by atoms with E-state index in [0.29, 0.717) is 0 Å². The average Bonchev–Trinajstić information content (AvgIpc) is 2.18. The molecule has 0 heterocycles. The first-order valence-corrected chi connectivity index (χ1v) is 4.65. The smallest absolute Gasteiger partial charge is 0.229 e. The lowest BCUT2D eigenvalue weighted by molar-refractivity contribution is -0.117. The van der Waals surface area contributed by atoms with Crippen LogP contribution in [0.5, 0.6) is 0 Å². The Kier molecular flexibility index (Phi) is 3.35. The van der Waals surface area contributed by atoms with Crippen molar-refractivity contribution in [3.8, 4) is 11.8 Å². The topological polar surface area (TPSA) is 69.1 Å². The Labute approximate surface area is 89.5 Å². The lowest BCUT2D eigenvalue weighted by atomic mass is 10.0. The molecule has 3 nitrogen and oxygen atoms in total. The second-order valence-electron chi connectivity index (χ2n) is 3.40. The van der Waals surface area contributed by atoms with Crippen LogP contribution in [0.3, 0.4) is 0 Å². The third-order valence-corrected chi connectivity index (χ3v) is 2.31. The molecule has 1 aromatic rings. The van der Waals surface area contributed by atoms with Gasteiger partial charge in [0.2, 0.25) is 5.91 Å². The molecule has 1 rings (SSSR count). The zero-order valence-corrected chi connectivity index (χ0v) is 8.92. The summed E-state index contributed by atoms with van der Waals surface area (Å²) in [5.41, 5.74) is 14.5. The van der Waals surface area contributed by atoms with Crippen LogP contribution < -0.4 is 11.5 Å². The number of hydrogen-bond donors (Lipinski definition) is 2. The lowest BCUT2D eigenvalue weighted by Crippen LogP contribution is -2.08. The second-order valence-corrected chi connectivity index (χ2v) is 3.40. The van der Waals surface area contributed by atoms with Crippen molar-refractivity contribution in [2.24, 2.45) is 5.73 Å². The molecular formula is C12H14N2O.